The van der Waals surface area contributed by atoms with Crippen LogP contribution in [-0.4, -0.2) is 54.0 Å². The summed E-state index contributed by atoms with van der Waals surface area (Å²) in [6.07, 6.45) is -0.588. The van der Waals surface area contributed by atoms with Crippen molar-refractivity contribution in [2.24, 2.45) is 5.92 Å². The summed E-state index contributed by atoms with van der Waals surface area (Å²) in [4.78, 5) is 35.3. The third-order valence-corrected chi connectivity index (χ3v) is 5.52. The number of carboxylic acid groups (broad SMARTS) is 1. The highest BCUT2D eigenvalue weighted by atomic mass is 16.5. The van der Waals surface area contributed by atoms with Gasteiger partial charge in [0.2, 0.25) is 5.91 Å². The van der Waals surface area contributed by atoms with Crippen LogP contribution in [0.25, 0.3) is 11.1 Å². The lowest BCUT2D eigenvalue weighted by Crippen LogP contribution is -2.42. The standard InChI is InChI=1S/C24H28N2O6/c1-15(12-22(28)26-21(10-11-27)23(29)30)13-25-24(31)32-14-20-18-8-4-2-6-16(18)17-7-3-5-9-19(17)20/h2-9,15,20-21,27H,10-14H2,1H3,(H,25,31)(H,26,28)(H,29,30). The van der Waals surface area contributed by atoms with E-state index in [0.29, 0.717) is 0 Å². The molecule has 1 aliphatic carbocycles. The Balaban J connectivity index is 1.47. The van der Waals surface area contributed by atoms with Crippen LogP contribution in [0.4, 0.5) is 4.79 Å². The van der Waals surface area contributed by atoms with Crippen molar-refractivity contribution in [3.05, 3.63) is 59.7 Å². The lowest BCUT2D eigenvalue weighted by molar-refractivity contribution is -0.142. The number of nitrogens with one attached hydrogen (secondary N) is 2. The summed E-state index contributed by atoms with van der Waals surface area (Å²) in [7, 11) is 0. The van der Waals surface area contributed by atoms with Crippen LogP contribution in [0.5, 0.6) is 0 Å². The first-order chi connectivity index (χ1) is 15.4. The zero-order valence-corrected chi connectivity index (χ0v) is 17.9. The highest BCUT2D eigenvalue weighted by molar-refractivity contribution is 5.83. The fourth-order valence-electron chi connectivity index (χ4n) is 3.94. The van der Waals surface area contributed by atoms with Gasteiger partial charge in [-0.1, -0.05) is 55.5 Å². The number of benzene rings is 2. The van der Waals surface area contributed by atoms with E-state index in [9.17, 15) is 14.4 Å². The van der Waals surface area contributed by atoms with Gasteiger partial charge in [-0.3, -0.25) is 4.79 Å². The number of amides is 2. The number of hydrogen-bond donors (Lipinski definition) is 4. The SMILES string of the molecule is CC(CNC(=O)OCC1c2ccccc2-c2ccccc21)CC(=O)NC(CCO)C(=O)O. The van der Waals surface area contributed by atoms with Crippen molar-refractivity contribution in [3.63, 3.8) is 0 Å². The van der Waals surface area contributed by atoms with E-state index in [2.05, 4.69) is 22.8 Å². The predicted octanol–water partition coefficient (Wildman–Crippen LogP) is 2.50. The van der Waals surface area contributed by atoms with E-state index in [1.165, 1.54) is 0 Å². The predicted molar refractivity (Wildman–Crippen MR) is 118 cm³/mol. The lowest BCUT2D eigenvalue weighted by Gasteiger charge is -2.17. The Morgan fingerprint density at radius 1 is 1.03 bits per heavy atom. The molecule has 0 heterocycles. The molecule has 2 aromatic rings. The van der Waals surface area contributed by atoms with Crippen molar-refractivity contribution >= 4 is 18.0 Å². The van der Waals surface area contributed by atoms with Crippen LogP contribution in [0.15, 0.2) is 48.5 Å². The third kappa shape index (κ3) is 5.64. The quantitative estimate of drug-likeness (QED) is 0.450. The van der Waals surface area contributed by atoms with Crippen LogP contribution in [0.3, 0.4) is 0 Å². The Morgan fingerprint density at radius 3 is 2.19 bits per heavy atom. The first kappa shape index (κ1) is 23.3. The van der Waals surface area contributed by atoms with Gasteiger partial charge in [-0.2, -0.15) is 0 Å². The molecule has 0 aliphatic heterocycles. The number of carbonyl (C=O) groups excluding carboxylic acids is 2. The van der Waals surface area contributed by atoms with Gasteiger partial charge < -0.3 is 25.6 Å². The molecule has 0 bridgehead atoms. The van der Waals surface area contributed by atoms with E-state index in [1.54, 1.807) is 6.92 Å². The molecule has 8 heteroatoms. The number of aliphatic hydroxyl groups excluding tert-OH is 1. The second-order valence-electron chi connectivity index (χ2n) is 7.99. The Kier molecular flexibility index (Phi) is 7.83. The van der Waals surface area contributed by atoms with Crippen LogP contribution in [-0.2, 0) is 14.3 Å². The number of aliphatic carboxylic acids is 1. The highest BCUT2D eigenvalue weighted by Crippen LogP contribution is 2.44. The molecular formula is C24H28N2O6. The maximum atomic E-state index is 12.2. The number of carboxylic acids is 1. The topological polar surface area (TPSA) is 125 Å². The second-order valence-corrected chi connectivity index (χ2v) is 7.99. The molecule has 0 saturated heterocycles. The Morgan fingerprint density at radius 2 is 1.62 bits per heavy atom. The molecular weight excluding hydrogens is 412 g/mol. The minimum Gasteiger partial charge on any atom is -0.480 e. The molecule has 2 unspecified atom stereocenters. The van der Waals surface area contributed by atoms with E-state index in [-0.39, 0.29) is 44.4 Å². The van der Waals surface area contributed by atoms with Gasteiger partial charge in [-0.15, -0.1) is 0 Å². The zero-order chi connectivity index (χ0) is 23.1. The Bertz CT molecular complexity index is 931. The van der Waals surface area contributed by atoms with Gasteiger partial charge in [0.1, 0.15) is 12.6 Å². The van der Waals surface area contributed by atoms with E-state index in [4.69, 9.17) is 14.9 Å². The fraction of sp³-hybridized carbons (Fsp3) is 0.375. The molecule has 8 nitrogen and oxygen atoms in total. The van der Waals surface area contributed by atoms with E-state index >= 15 is 0 Å². The average molecular weight is 440 g/mol. The van der Waals surface area contributed by atoms with Gasteiger partial charge in [0, 0.05) is 31.9 Å². The monoisotopic (exact) mass is 440 g/mol. The van der Waals surface area contributed by atoms with E-state index < -0.39 is 24.0 Å². The van der Waals surface area contributed by atoms with Crippen molar-refractivity contribution < 1.29 is 29.3 Å². The molecule has 0 aromatic heterocycles. The number of aliphatic hydroxyl groups is 1. The van der Waals surface area contributed by atoms with Gasteiger partial charge >= 0.3 is 12.1 Å². The number of rotatable bonds is 10. The molecule has 3 rings (SSSR count). The van der Waals surface area contributed by atoms with Crippen LogP contribution < -0.4 is 10.6 Å². The van der Waals surface area contributed by atoms with Crippen molar-refractivity contribution in [1.29, 1.82) is 0 Å². The fourth-order valence-corrected chi connectivity index (χ4v) is 3.94. The molecule has 2 aromatic carbocycles. The number of carbonyl (C=O) groups is 3. The smallest absolute Gasteiger partial charge is 0.407 e. The maximum absolute atomic E-state index is 12.2. The van der Waals surface area contributed by atoms with Crippen LogP contribution in [0.1, 0.15) is 36.8 Å². The zero-order valence-electron chi connectivity index (χ0n) is 17.9. The van der Waals surface area contributed by atoms with Crippen LogP contribution >= 0.6 is 0 Å². The first-order valence-electron chi connectivity index (χ1n) is 10.6. The molecule has 2 amide bonds. The molecule has 0 radical (unpaired) electrons. The number of fused-ring (bicyclic) bond motifs is 3. The summed E-state index contributed by atoms with van der Waals surface area (Å²) < 4.78 is 5.47. The Labute approximate surface area is 186 Å². The van der Waals surface area contributed by atoms with Gasteiger partial charge in [0.05, 0.1) is 0 Å². The third-order valence-electron chi connectivity index (χ3n) is 5.52. The molecule has 170 valence electrons. The normalized spacial score (nSPS) is 14.1. The van der Waals surface area contributed by atoms with Crippen molar-refractivity contribution in [2.75, 3.05) is 19.8 Å². The van der Waals surface area contributed by atoms with Gasteiger partial charge in [-0.05, 0) is 28.2 Å². The molecule has 1 aliphatic rings. The van der Waals surface area contributed by atoms with E-state index in [0.717, 1.165) is 22.3 Å². The summed E-state index contributed by atoms with van der Waals surface area (Å²) in [5.74, 6) is -1.90. The average Bonchev–Trinajstić information content (AvgIpc) is 3.09. The molecule has 4 N–H and O–H groups in total. The minimum absolute atomic E-state index is 0.0316. The molecule has 2 atom stereocenters. The summed E-state index contributed by atoms with van der Waals surface area (Å²) in [6.45, 7) is 1.85. The van der Waals surface area contributed by atoms with Crippen LogP contribution in [0.2, 0.25) is 0 Å². The van der Waals surface area contributed by atoms with Crippen molar-refractivity contribution in [1.82, 2.24) is 10.6 Å². The lowest BCUT2D eigenvalue weighted by atomic mass is 9.98. The first-order valence-corrected chi connectivity index (χ1v) is 10.6. The summed E-state index contributed by atoms with van der Waals surface area (Å²) in [6, 6.07) is 15.0. The minimum atomic E-state index is -1.20. The molecule has 0 spiro atoms. The number of alkyl carbamates (subject to hydrolysis) is 1. The summed E-state index contributed by atoms with van der Waals surface area (Å²) in [5, 5.41) is 23.0. The summed E-state index contributed by atoms with van der Waals surface area (Å²) >= 11 is 0. The summed E-state index contributed by atoms with van der Waals surface area (Å²) in [5.41, 5.74) is 4.56. The number of hydrogen-bond acceptors (Lipinski definition) is 5. The molecule has 0 saturated carbocycles. The van der Waals surface area contributed by atoms with Gasteiger partial charge in [0.25, 0.3) is 0 Å². The highest BCUT2D eigenvalue weighted by Gasteiger charge is 2.29. The van der Waals surface area contributed by atoms with Gasteiger partial charge in [-0.25, -0.2) is 9.59 Å². The largest absolute Gasteiger partial charge is 0.480 e. The van der Waals surface area contributed by atoms with E-state index in [1.807, 2.05) is 36.4 Å². The molecule has 0 fully saturated rings. The second kappa shape index (κ2) is 10.8. The molecule has 32 heavy (non-hydrogen) atoms. The maximum Gasteiger partial charge on any atom is 0.407 e. The van der Waals surface area contributed by atoms with Crippen LogP contribution in [0, 0.1) is 5.92 Å². The van der Waals surface area contributed by atoms with Crippen molar-refractivity contribution in [2.45, 2.75) is 31.7 Å². The number of ether oxygens (including phenoxy) is 1. The van der Waals surface area contributed by atoms with Crippen molar-refractivity contribution in [3.8, 4) is 11.1 Å². The Hall–Kier alpha value is -3.39. The van der Waals surface area contributed by atoms with Gasteiger partial charge in [0.15, 0.2) is 0 Å².